The maximum absolute atomic E-state index is 13.7. The maximum atomic E-state index is 13.7. The molecule has 2 amide bonds. The Kier molecular flexibility index (Phi) is 8.57. The lowest BCUT2D eigenvalue weighted by Gasteiger charge is -2.58. The fourth-order valence-electron chi connectivity index (χ4n) is 10.6. The summed E-state index contributed by atoms with van der Waals surface area (Å²) >= 11 is 13.5. The second kappa shape index (κ2) is 12.6. The Balaban J connectivity index is 0.873. The molecule has 252 valence electrons. The number of benzene rings is 2. The van der Waals surface area contributed by atoms with Gasteiger partial charge in [0.1, 0.15) is 0 Å². The summed E-state index contributed by atoms with van der Waals surface area (Å²) in [4.78, 5) is 33.3. The van der Waals surface area contributed by atoms with Crippen molar-refractivity contribution in [1.29, 1.82) is 0 Å². The van der Waals surface area contributed by atoms with Gasteiger partial charge in [0.25, 0.3) is 5.91 Å². The topological polar surface area (TPSA) is 43.9 Å². The third kappa shape index (κ3) is 6.23. The van der Waals surface area contributed by atoms with Gasteiger partial charge < -0.3 is 9.80 Å². The molecule has 2 saturated heterocycles. The molecule has 0 radical (unpaired) electrons. The second-order valence-electron chi connectivity index (χ2n) is 15.6. The number of piperazine rings is 1. The molecule has 2 aromatic carbocycles. The predicted molar refractivity (Wildman–Crippen MR) is 181 cm³/mol. The highest BCUT2D eigenvalue weighted by Crippen LogP contribution is 2.55. The van der Waals surface area contributed by atoms with Crippen LogP contribution in [0, 0.1) is 29.6 Å². The van der Waals surface area contributed by atoms with Crippen LogP contribution in [0.4, 0.5) is 8.78 Å². The molecule has 0 aromatic heterocycles. The first kappa shape index (κ1) is 32.0. The molecule has 7 fully saturated rings. The van der Waals surface area contributed by atoms with Crippen LogP contribution in [0.15, 0.2) is 36.4 Å². The van der Waals surface area contributed by atoms with E-state index in [4.69, 9.17) is 23.2 Å². The van der Waals surface area contributed by atoms with Gasteiger partial charge in [0.2, 0.25) is 11.8 Å². The molecule has 2 heterocycles. The summed E-state index contributed by atoms with van der Waals surface area (Å²) in [7, 11) is 0. The van der Waals surface area contributed by atoms with Crippen molar-refractivity contribution in [2.45, 2.75) is 88.6 Å². The van der Waals surface area contributed by atoms with Crippen LogP contribution in [-0.2, 0) is 11.2 Å². The number of halogens is 4. The fraction of sp³-hybridized carbons (Fsp3) is 0.632. The van der Waals surface area contributed by atoms with Crippen molar-refractivity contribution in [2.75, 3.05) is 32.7 Å². The Morgan fingerprint density at radius 2 is 1.38 bits per heavy atom. The van der Waals surface area contributed by atoms with Gasteiger partial charge in [-0.05, 0) is 122 Å². The number of likely N-dealkylation sites (tertiary alicyclic amines) is 1. The van der Waals surface area contributed by atoms with Crippen molar-refractivity contribution in [1.82, 2.24) is 14.7 Å². The average Bonchev–Trinajstić information content (AvgIpc) is 3.41. The van der Waals surface area contributed by atoms with Crippen LogP contribution in [-0.4, -0.2) is 77.2 Å². The first-order valence-electron chi connectivity index (χ1n) is 17.9. The van der Waals surface area contributed by atoms with E-state index in [9.17, 15) is 18.4 Å². The van der Waals surface area contributed by atoms with Crippen molar-refractivity contribution in [3.8, 4) is 11.1 Å². The number of carbonyl (C=O) groups is 2. The van der Waals surface area contributed by atoms with Gasteiger partial charge in [-0.2, -0.15) is 0 Å². The molecular formula is C38H45Cl2F2N3O2. The zero-order valence-corrected chi connectivity index (χ0v) is 28.5. The van der Waals surface area contributed by atoms with Gasteiger partial charge >= 0.3 is 0 Å². The van der Waals surface area contributed by atoms with Crippen molar-refractivity contribution in [3.05, 3.63) is 57.6 Å². The highest BCUT2D eigenvalue weighted by atomic mass is 35.5. The van der Waals surface area contributed by atoms with Crippen molar-refractivity contribution in [2.24, 2.45) is 29.6 Å². The van der Waals surface area contributed by atoms with Gasteiger partial charge in [-0.3, -0.25) is 14.5 Å². The molecule has 0 unspecified atom stereocenters. The summed E-state index contributed by atoms with van der Waals surface area (Å²) in [6.45, 7) is 4.12. The van der Waals surface area contributed by atoms with Crippen LogP contribution >= 0.6 is 23.2 Å². The van der Waals surface area contributed by atoms with Crippen LogP contribution < -0.4 is 0 Å². The molecule has 47 heavy (non-hydrogen) atoms. The normalized spacial score (nSPS) is 32.4. The molecule has 2 aromatic rings. The molecule has 0 spiro atoms. The molecule has 4 bridgehead atoms. The van der Waals surface area contributed by atoms with Gasteiger partial charge in [0.15, 0.2) is 0 Å². The number of nitrogens with zero attached hydrogens (tertiary/aromatic N) is 3. The standard InChI is InChI=1S/C38H45Cl2F2N3O2/c39-33-21-28(22-34(40)32(33)20-27-7-10-45(37(27)47)31-5-8-38(41,42)9-6-31)25-1-3-26(4-2-25)36(46)44-13-11-43(12-14-44)35-29-16-23-15-24(18-29)19-30(35)17-23/h1-4,21-24,27,29-31,35H,5-20H2/t23?,24?,27-,29?,30?,35?/m0/s1. The van der Waals surface area contributed by atoms with Gasteiger partial charge in [0, 0.05) is 79.2 Å². The lowest BCUT2D eigenvalue weighted by atomic mass is 9.54. The summed E-state index contributed by atoms with van der Waals surface area (Å²) in [5, 5.41) is 1.02. The first-order valence-corrected chi connectivity index (χ1v) is 18.7. The van der Waals surface area contributed by atoms with E-state index in [1.54, 1.807) is 0 Å². The van der Waals surface area contributed by atoms with Gasteiger partial charge in [-0.25, -0.2) is 8.78 Å². The zero-order valence-electron chi connectivity index (χ0n) is 27.0. The van der Waals surface area contributed by atoms with Crippen LogP contribution in [0.2, 0.25) is 10.0 Å². The number of carbonyl (C=O) groups excluding carboxylic acids is 2. The highest BCUT2D eigenvalue weighted by molar-refractivity contribution is 6.36. The van der Waals surface area contributed by atoms with E-state index in [-0.39, 0.29) is 36.6 Å². The minimum Gasteiger partial charge on any atom is -0.339 e. The molecule has 1 atom stereocenters. The SMILES string of the molecule is O=C(c1ccc(-c2cc(Cl)c(C[C@@H]3CCN(C4CCC(F)(F)CC4)C3=O)c(Cl)c2)cc1)N1CCN(C2C3CC4CC(C3)CC2C4)CC1. The van der Waals surface area contributed by atoms with E-state index in [0.717, 1.165) is 72.6 Å². The second-order valence-corrected chi connectivity index (χ2v) is 16.4. The Morgan fingerprint density at radius 1 is 0.787 bits per heavy atom. The average molecular weight is 685 g/mol. The zero-order chi connectivity index (χ0) is 32.4. The molecule has 5 nitrogen and oxygen atoms in total. The quantitative estimate of drug-likeness (QED) is 0.308. The van der Waals surface area contributed by atoms with Gasteiger partial charge in [-0.1, -0.05) is 35.3 Å². The molecule has 2 aliphatic heterocycles. The molecule has 9 heteroatoms. The lowest BCUT2D eigenvalue weighted by molar-refractivity contribution is -0.135. The van der Waals surface area contributed by atoms with Crippen LogP contribution in [0.3, 0.4) is 0 Å². The molecule has 5 saturated carbocycles. The molecular weight excluding hydrogens is 639 g/mol. The summed E-state index contributed by atoms with van der Waals surface area (Å²) in [5.41, 5.74) is 3.21. The van der Waals surface area contributed by atoms with Crippen molar-refractivity contribution in [3.63, 3.8) is 0 Å². The van der Waals surface area contributed by atoms with Crippen molar-refractivity contribution < 1.29 is 18.4 Å². The van der Waals surface area contributed by atoms with E-state index < -0.39 is 5.92 Å². The molecule has 7 aliphatic rings. The van der Waals surface area contributed by atoms with Crippen molar-refractivity contribution >= 4 is 35.0 Å². The third-order valence-corrected chi connectivity index (χ3v) is 13.4. The Bertz CT molecular complexity index is 1460. The Morgan fingerprint density at radius 3 is 1.98 bits per heavy atom. The van der Waals surface area contributed by atoms with E-state index in [0.29, 0.717) is 47.8 Å². The van der Waals surface area contributed by atoms with Gasteiger partial charge in [0.05, 0.1) is 0 Å². The molecule has 5 aliphatic carbocycles. The maximum Gasteiger partial charge on any atom is 0.253 e. The van der Waals surface area contributed by atoms with E-state index in [1.807, 2.05) is 46.2 Å². The van der Waals surface area contributed by atoms with Crippen LogP contribution in [0.5, 0.6) is 0 Å². The Hall–Kier alpha value is -2.22. The lowest BCUT2D eigenvalue weighted by Crippen LogP contribution is -2.60. The summed E-state index contributed by atoms with van der Waals surface area (Å²) in [6.07, 6.45) is 8.68. The smallest absolute Gasteiger partial charge is 0.253 e. The minimum atomic E-state index is -2.61. The minimum absolute atomic E-state index is 0.0194. The number of rotatable bonds is 6. The predicted octanol–water partition coefficient (Wildman–Crippen LogP) is 8.21. The number of hydrogen-bond donors (Lipinski definition) is 0. The van der Waals surface area contributed by atoms with E-state index >= 15 is 0 Å². The number of hydrogen-bond acceptors (Lipinski definition) is 3. The van der Waals surface area contributed by atoms with Crippen LogP contribution in [0.1, 0.15) is 80.1 Å². The van der Waals surface area contributed by atoms with Crippen LogP contribution in [0.25, 0.3) is 11.1 Å². The first-order chi connectivity index (χ1) is 22.6. The number of alkyl halides is 2. The summed E-state index contributed by atoms with van der Waals surface area (Å²) in [6, 6.07) is 12.1. The van der Waals surface area contributed by atoms with Gasteiger partial charge in [-0.15, -0.1) is 0 Å². The van der Waals surface area contributed by atoms with E-state index in [1.165, 1.54) is 32.1 Å². The summed E-state index contributed by atoms with van der Waals surface area (Å²) < 4.78 is 27.3. The molecule has 9 rings (SSSR count). The Labute approximate surface area is 286 Å². The largest absolute Gasteiger partial charge is 0.339 e. The number of amides is 2. The molecule has 0 N–H and O–H groups in total. The highest BCUT2D eigenvalue weighted by Gasteiger charge is 2.50. The van der Waals surface area contributed by atoms with E-state index in [2.05, 4.69) is 4.90 Å². The fourth-order valence-corrected chi connectivity index (χ4v) is 11.2. The summed E-state index contributed by atoms with van der Waals surface area (Å²) in [5.74, 6) is 0.954. The third-order valence-electron chi connectivity index (χ3n) is 12.7. The monoisotopic (exact) mass is 683 g/mol.